The van der Waals surface area contributed by atoms with Crippen molar-refractivity contribution in [1.29, 1.82) is 0 Å². The summed E-state index contributed by atoms with van der Waals surface area (Å²) in [4.78, 5) is 16.7. The molecule has 1 heterocycles. The second kappa shape index (κ2) is 7.51. The average Bonchev–Trinajstić information content (AvgIpc) is 3.05. The quantitative estimate of drug-likeness (QED) is 0.571. The largest absolute Gasteiger partial charge is 0.496 e. The summed E-state index contributed by atoms with van der Waals surface area (Å²) < 4.78 is 19.4. The maximum absolute atomic E-state index is 13.5. The van der Waals surface area contributed by atoms with Crippen LogP contribution in [0.2, 0.25) is 5.02 Å². The van der Waals surface area contributed by atoms with Gasteiger partial charge in [0.2, 0.25) is 0 Å². The topological polar surface area (TPSA) is 51.2 Å². The Morgan fingerprint density at radius 1 is 1.32 bits per heavy atom. The zero-order chi connectivity index (χ0) is 18.0. The van der Waals surface area contributed by atoms with Gasteiger partial charge in [0.05, 0.1) is 18.4 Å². The number of hydrogen-bond donors (Lipinski definition) is 1. The van der Waals surface area contributed by atoms with Crippen molar-refractivity contribution < 1.29 is 13.9 Å². The summed E-state index contributed by atoms with van der Waals surface area (Å²) in [6, 6.07) is 9.12. The predicted molar refractivity (Wildman–Crippen MR) is 101 cm³/mol. The minimum atomic E-state index is -0.391. The lowest BCUT2D eigenvalue weighted by Gasteiger charge is -2.06. The zero-order valence-corrected chi connectivity index (χ0v) is 16.0. The number of thiazole rings is 1. The van der Waals surface area contributed by atoms with E-state index < -0.39 is 5.82 Å². The molecule has 25 heavy (non-hydrogen) atoms. The lowest BCUT2D eigenvalue weighted by atomic mass is 10.1. The first kappa shape index (κ1) is 17.8. The molecule has 0 atom stereocenters. The summed E-state index contributed by atoms with van der Waals surface area (Å²) in [7, 11) is 1.50. The van der Waals surface area contributed by atoms with E-state index in [1.807, 2.05) is 0 Å². The molecule has 0 bridgehead atoms. The van der Waals surface area contributed by atoms with E-state index in [0.29, 0.717) is 37.2 Å². The van der Waals surface area contributed by atoms with Crippen molar-refractivity contribution in [2.45, 2.75) is 0 Å². The third-order valence-electron chi connectivity index (χ3n) is 3.34. The van der Waals surface area contributed by atoms with Crippen LogP contribution in [0, 0.1) is 5.82 Å². The van der Waals surface area contributed by atoms with Crippen molar-refractivity contribution in [2.24, 2.45) is 0 Å². The maximum atomic E-state index is 13.5. The molecular formula is C17H11BrClFN2O2S. The number of carbonyl (C=O) groups is 1. The van der Waals surface area contributed by atoms with E-state index in [1.54, 1.807) is 23.6 Å². The molecule has 2 aromatic carbocycles. The number of aromatic nitrogens is 1. The Hall–Kier alpha value is -1.96. The fraction of sp³-hybridized carbons (Fsp3) is 0.0588. The van der Waals surface area contributed by atoms with E-state index in [9.17, 15) is 9.18 Å². The molecule has 3 aromatic rings. The first-order chi connectivity index (χ1) is 12.0. The summed E-state index contributed by atoms with van der Waals surface area (Å²) in [5.74, 6) is -0.235. The van der Waals surface area contributed by atoms with Crippen LogP contribution in [0.25, 0.3) is 11.3 Å². The molecule has 128 valence electrons. The van der Waals surface area contributed by atoms with Gasteiger partial charge >= 0.3 is 0 Å². The first-order valence-electron chi connectivity index (χ1n) is 7.04. The van der Waals surface area contributed by atoms with Gasteiger partial charge in [0.25, 0.3) is 5.91 Å². The highest BCUT2D eigenvalue weighted by Gasteiger charge is 2.15. The molecule has 0 aliphatic rings. The van der Waals surface area contributed by atoms with Crippen LogP contribution in [-0.2, 0) is 0 Å². The Morgan fingerprint density at radius 3 is 2.88 bits per heavy atom. The SMILES string of the molecule is COc1ccc(F)cc1-c1csc(NC(=O)c2cc(Cl)ccc2Br)n1. The smallest absolute Gasteiger partial charge is 0.258 e. The van der Waals surface area contributed by atoms with Crippen molar-refractivity contribution in [3.63, 3.8) is 0 Å². The highest BCUT2D eigenvalue weighted by Crippen LogP contribution is 2.33. The van der Waals surface area contributed by atoms with Crippen molar-refractivity contribution in [3.8, 4) is 17.0 Å². The molecule has 1 N–H and O–H groups in total. The minimum absolute atomic E-state index is 0.346. The number of benzene rings is 2. The van der Waals surface area contributed by atoms with Crippen LogP contribution < -0.4 is 10.1 Å². The Kier molecular flexibility index (Phi) is 5.36. The molecule has 0 aliphatic carbocycles. The van der Waals surface area contributed by atoms with Crippen LogP contribution >= 0.6 is 38.9 Å². The monoisotopic (exact) mass is 440 g/mol. The number of carbonyl (C=O) groups excluding carboxylic acids is 1. The standard InChI is InChI=1S/C17H11BrClFN2O2S/c1-24-15-5-3-10(20)7-12(15)14-8-25-17(21-14)22-16(23)11-6-9(19)2-4-13(11)18/h2-8H,1H3,(H,21,22,23). The summed E-state index contributed by atoms with van der Waals surface area (Å²) in [6.07, 6.45) is 0. The number of methoxy groups -OCH3 is 1. The number of amides is 1. The lowest BCUT2D eigenvalue weighted by molar-refractivity contribution is 0.102. The van der Waals surface area contributed by atoms with E-state index in [1.165, 1.54) is 36.6 Å². The van der Waals surface area contributed by atoms with Crippen LogP contribution in [-0.4, -0.2) is 18.0 Å². The summed E-state index contributed by atoms with van der Waals surface area (Å²) in [5, 5.41) is 5.28. The van der Waals surface area contributed by atoms with Gasteiger partial charge in [-0.25, -0.2) is 9.37 Å². The molecule has 0 saturated carbocycles. The van der Waals surface area contributed by atoms with Crippen LogP contribution in [0.3, 0.4) is 0 Å². The summed E-state index contributed by atoms with van der Waals surface area (Å²) in [5.41, 5.74) is 1.43. The number of halogens is 3. The van der Waals surface area contributed by atoms with Crippen LogP contribution in [0.4, 0.5) is 9.52 Å². The molecular weight excluding hydrogens is 431 g/mol. The van der Waals surface area contributed by atoms with Crippen molar-refractivity contribution in [1.82, 2.24) is 4.98 Å². The van der Waals surface area contributed by atoms with Gasteiger partial charge in [-0.1, -0.05) is 11.6 Å². The van der Waals surface area contributed by atoms with Gasteiger partial charge in [0, 0.05) is 20.4 Å². The van der Waals surface area contributed by atoms with Gasteiger partial charge in [-0.05, 0) is 52.3 Å². The lowest BCUT2D eigenvalue weighted by Crippen LogP contribution is -2.12. The fourth-order valence-corrected chi connectivity index (χ4v) is 3.48. The summed E-state index contributed by atoms with van der Waals surface area (Å²) in [6.45, 7) is 0. The van der Waals surface area contributed by atoms with Gasteiger partial charge in [-0.3, -0.25) is 10.1 Å². The molecule has 0 aliphatic heterocycles. The Balaban J connectivity index is 1.86. The Bertz CT molecular complexity index is 948. The summed E-state index contributed by atoms with van der Waals surface area (Å²) >= 11 is 10.5. The van der Waals surface area contributed by atoms with Gasteiger partial charge in [-0.15, -0.1) is 11.3 Å². The molecule has 4 nitrogen and oxygen atoms in total. The molecule has 0 radical (unpaired) electrons. The second-order valence-electron chi connectivity index (χ2n) is 4.96. The zero-order valence-electron chi connectivity index (χ0n) is 12.8. The maximum Gasteiger partial charge on any atom is 0.258 e. The molecule has 3 rings (SSSR count). The van der Waals surface area contributed by atoms with Crippen LogP contribution in [0.5, 0.6) is 5.75 Å². The van der Waals surface area contributed by atoms with E-state index in [4.69, 9.17) is 16.3 Å². The van der Waals surface area contributed by atoms with E-state index in [2.05, 4.69) is 26.2 Å². The highest BCUT2D eigenvalue weighted by molar-refractivity contribution is 9.10. The Morgan fingerprint density at radius 2 is 2.12 bits per heavy atom. The molecule has 0 saturated heterocycles. The van der Waals surface area contributed by atoms with E-state index in [0.717, 1.165) is 0 Å². The number of nitrogens with one attached hydrogen (secondary N) is 1. The van der Waals surface area contributed by atoms with Gasteiger partial charge in [-0.2, -0.15) is 0 Å². The molecule has 1 aromatic heterocycles. The number of anilines is 1. The van der Waals surface area contributed by atoms with Gasteiger partial charge < -0.3 is 4.74 Å². The van der Waals surface area contributed by atoms with Crippen molar-refractivity contribution in [2.75, 3.05) is 12.4 Å². The third kappa shape index (κ3) is 4.00. The molecule has 8 heteroatoms. The second-order valence-corrected chi connectivity index (χ2v) is 7.11. The predicted octanol–water partition coefficient (Wildman–Crippen LogP) is 5.63. The fourth-order valence-electron chi connectivity index (χ4n) is 2.17. The van der Waals surface area contributed by atoms with Crippen LogP contribution in [0.15, 0.2) is 46.3 Å². The van der Waals surface area contributed by atoms with Gasteiger partial charge in [0.1, 0.15) is 11.6 Å². The van der Waals surface area contributed by atoms with Crippen molar-refractivity contribution in [3.05, 3.63) is 62.7 Å². The van der Waals surface area contributed by atoms with Gasteiger partial charge in [0.15, 0.2) is 5.13 Å². The number of hydrogen-bond acceptors (Lipinski definition) is 4. The average molecular weight is 442 g/mol. The molecule has 0 unspecified atom stereocenters. The normalized spacial score (nSPS) is 10.6. The highest BCUT2D eigenvalue weighted by atomic mass is 79.9. The first-order valence-corrected chi connectivity index (χ1v) is 9.09. The third-order valence-corrected chi connectivity index (χ3v) is 5.02. The molecule has 1 amide bonds. The van der Waals surface area contributed by atoms with E-state index in [-0.39, 0.29) is 5.91 Å². The Labute approximate surface area is 160 Å². The molecule has 0 fully saturated rings. The number of rotatable bonds is 4. The number of nitrogens with zero attached hydrogens (tertiary/aromatic N) is 1. The minimum Gasteiger partial charge on any atom is -0.496 e. The van der Waals surface area contributed by atoms with Crippen molar-refractivity contribution >= 4 is 49.9 Å². The van der Waals surface area contributed by atoms with E-state index >= 15 is 0 Å². The number of ether oxygens (including phenoxy) is 1. The molecule has 0 spiro atoms. The van der Waals surface area contributed by atoms with Crippen LogP contribution in [0.1, 0.15) is 10.4 Å².